The van der Waals surface area contributed by atoms with Crippen LogP contribution in [0.25, 0.3) is 0 Å². The van der Waals surface area contributed by atoms with Gasteiger partial charge in [-0.05, 0) is 0 Å². The molecule has 0 spiro atoms. The first-order chi connectivity index (χ1) is 9.12. The Morgan fingerprint density at radius 1 is 0.455 bits per heavy atom. The zero-order valence-corrected chi connectivity index (χ0v) is 11.7. The van der Waals surface area contributed by atoms with Crippen LogP contribution in [0.2, 0.25) is 0 Å². The molecule has 0 saturated carbocycles. The topological polar surface area (TPSA) is 0 Å². The molecule has 0 nitrogen and oxygen atoms in total. The quantitative estimate of drug-likeness (QED) is 0.325. The Morgan fingerprint density at radius 2 is 0.682 bits per heavy atom. The van der Waals surface area contributed by atoms with E-state index < -0.39 is 46.5 Å². The van der Waals surface area contributed by atoms with Crippen molar-refractivity contribution in [3.63, 3.8) is 0 Å². The Kier molecular flexibility index (Phi) is 5.42. The molecular weight excluding hydrogens is 448 g/mol. The second-order valence-electron chi connectivity index (χ2n) is 3.45. The van der Waals surface area contributed by atoms with Gasteiger partial charge in [-0.1, -0.05) is 0 Å². The van der Waals surface area contributed by atoms with Gasteiger partial charge in [-0.15, -0.1) is 0 Å². The van der Waals surface area contributed by atoms with Crippen LogP contribution in [-0.4, -0.2) is 46.5 Å². The van der Waals surface area contributed by atoms with Crippen LogP contribution in [0, 0.1) is 0 Å². The van der Waals surface area contributed by atoms with Crippen LogP contribution in [-0.2, 0) is 0 Å². The van der Waals surface area contributed by atoms with E-state index in [-0.39, 0.29) is 0 Å². The van der Waals surface area contributed by atoms with Gasteiger partial charge in [-0.3, -0.25) is 0 Å². The fourth-order valence-corrected chi connectivity index (χ4v) is 5.83. The first-order valence-electron chi connectivity index (χ1n) is 4.26. The molecule has 0 aliphatic heterocycles. The van der Waals surface area contributed by atoms with Gasteiger partial charge in [0.2, 0.25) is 0 Å². The zero-order chi connectivity index (χ0) is 18.6. The molecule has 22 heavy (non-hydrogen) atoms. The monoisotopic (exact) mass is 448 g/mol. The van der Waals surface area contributed by atoms with E-state index in [0.29, 0.717) is 0 Å². The van der Waals surface area contributed by atoms with Gasteiger partial charge in [0.15, 0.2) is 0 Å². The number of rotatable bonds is 3. The molecule has 0 radical (unpaired) electrons. The molecule has 134 valence electrons. The molecule has 0 rings (SSSR count). The fourth-order valence-electron chi connectivity index (χ4n) is 0.909. The summed E-state index contributed by atoms with van der Waals surface area (Å²) >= 11 is -4.60. The maximum atomic E-state index is 13.1. The van der Waals surface area contributed by atoms with Crippen LogP contribution in [0.5, 0.6) is 0 Å². The van der Waals surface area contributed by atoms with Crippen LogP contribution in [0.1, 0.15) is 0 Å². The van der Waals surface area contributed by atoms with E-state index in [2.05, 4.69) is 11.6 Å². The van der Waals surface area contributed by atoms with Crippen LogP contribution in [0.3, 0.4) is 0 Å². The second kappa shape index (κ2) is 5.45. The van der Waals surface area contributed by atoms with Gasteiger partial charge in [0.05, 0.1) is 0 Å². The molecule has 0 amide bonds. The number of hydrogen-bond acceptors (Lipinski definition) is 0. The van der Waals surface area contributed by atoms with Crippen molar-refractivity contribution in [2.45, 2.75) is 31.9 Å². The molecule has 1 atom stereocenters. The van der Waals surface area contributed by atoms with Crippen LogP contribution < -0.4 is 0 Å². The molecule has 0 N–H and O–H groups in total. The molecule has 0 bridgehead atoms. The van der Waals surface area contributed by atoms with Crippen molar-refractivity contribution in [3.8, 4) is 0 Å². The van der Waals surface area contributed by atoms with E-state index in [1.165, 1.54) is 0 Å². The molecular formula is C6AsClF14. The summed E-state index contributed by atoms with van der Waals surface area (Å²) < 4.78 is 151. The zero-order valence-electron chi connectivity index (χ0n) is 9.12. The Morgan fingerprint density at radius 3 is 0.818 bits per heavy atom. The first kappa shape index (κ1) is 21.9. The van der Waals surface area contributed by atoms with Crippen LogP contribution >= 0.6 is 11.6 Å². The SMILES string of the molecule is FC(F)(F)C(F)(F)[As](C(F)(F)C(F)(F)F)C(F)(Cl)C(F)(F)F. The summed E-state index contributed by atoms with van der Waals surface area (Å²) in [5.41, 5.74) is 0. The summed E-state index contributed by atoms with van der Waals surface area (Å²) in [4.78, 5) is 0. The average molecular weight is 448 g/mol. The standard InChI is InChI=1S/C6AsClF14/c8-1(9,4(14,15)16)7(2(10,11)5(17,18)19)3(12,13)6(20,21)22. The van der Waals surface area contributed by atoms with Gasteiger partial charge < -0.3 is 0 Å². The normalized spacial score (nSPS) is 18.5. The van der Waals surface area contributed by atoms with E-state index in [1.807, 2.05) is 0 Å². The predicted octanol–water partition coefficient (Wildman–Crippen LogP) is 4.96. The maximum absolute atomic E-state index is 13.1. The van der Waals surface area contributed by atoms with E-state index in [1.54, 1.807) is 0 Å². The van der Waals surface area contributed by atoms with Crippen molar-refractivity contribution >= 4 is 26.3 Å². The van der Waals surface area contributed by atoms with Gasteiger partial charge in [-0.25, -0.2) is 0 Å². The number of halogens is 15. The summed E-state index contributed by atoms with van der Waals surface area (Å²) in [6.45, 7) is 0. The Bertz CT molecular complexity index is 339. The molecule has 0 aliphatic rings. The van der Waals surface area contributed by atoms with Crippen molar-refractivity contribution in [1.82, 2.24) is 0 Å². The molecule has 0 heterocycles. The second-order valence-corrected chi connectivity index (χ2v) is 9.61. The molecule has 16 heteroatoms. The summed E-state index contributed by atoms with van der Waals surface area (Å²) in [5, 5.41) is 0. The average Bonchev–Trinajstić information content (AvgIpc) is 2.09. The van der Waals surface area contributed by atoms with Crippen LogP contribution in [0.15, 0.2) is 0 Å². The fraction of sp³-hybridized carbons (Fsp3) is 1.00. The molecule has 0 aromatic carbocycles. The van der Waals surface area contributed by atoms with Gasteiger partial charge >= 0.3 is 120 Å². The van der Waals surface area contributed by atoms with Gasteiger partial charge in [0, 0.05) is 0 Å². The Balaban J connectivity index is 6.53. The van der Waals surface area contributed by atoms with Gasteiger partial charge in [0.25, 0.3) is 0 Å². The molecule has 0 aromatic rings. The molecule has 0 aliphatic carbocycles. The third-order valence-corrected chi connectivity index (χ3v) is 8.09. The molecule has 1 unspecified atom stereocenters. The first-order valence-corrected chi connectivity index (χ1v) is 7.45. The van der Waals surface area contributed by atoms with E-state index in [0.717, 1.165) is 0 Å². The van der Waals surface area contributed by atoms with Crippen LogP contribution in [0.4, 0.5) is 61.5 Å². The van der Waals surface area contributed by atoms with Crippen molar-refractivity contribution in [1.29, 1.82) is 0 Å². The summed E-state index contributed by atoms with van der Waals surface area (Å²) in [6.07, 6.45) is -21.6. The number of alkyl halides is 15. The summed E-state index contributed by atoms with van der Waals surface area (Å²) in [6, 6.07) is 0. The van der Waals surface area contributed by atoms with Crippen molar-refractivity contribution < 1.29 is 61.5 Å². The van der Waals surface area contributed by atoms with E-state index >= 15 is 0 Å². The third-order valence-electron chi connectivity index (χ3n) is 1.87. The van der Waals surface area contributed by atoms with Gasteiger partial charge in [-0.2, -0.15) is 0 Å². The molecule has 0 fully saturated rings. The van der Waals surface area contributed by atoms with E-state index in [4.69, 9.17) is 0 Å². The Hall–Kier alpha value is -0.132. The summed E-state index contributed by atoms with van der Waals surface area (Å²) in [7, 11) is 0. The summed E-state index contributed by atoms with van der Waals surface area (Å²) in [5.74, 6) is 0. The molecule has 0 aromatic heterocycles. The van der Waals surface area contributed by atoms with E-state index in [9.17, 15) is 61.5 Å². The predicted molar refractivity (Wildman–Crippen MR) is 43.5 cm³/mol. The minimum absolute atomic E-state index is 3.67. The number of hydrogen-bond donors (Lipinski definition) is 0. The van der Waals surface area contributed by atoms with Gasteiger partial charge in [0.1, 0.15) is 0 Å². The minimum atomic E-state index is -8.27. The van der Waals surface area contributed by atoms with Crippen molar-refractivity contribution in [3.05, 3.63) is 0 Å². The third kappa shape index (κ3) is 3.51. The molecule has 0 saturated heterocycles. The Labute approximate surface area is 120 Å². The van der Waals surface area contributed by atoms with Crippen molar-refractivity contribution in [2.75, 3.05) is 0 Å². The van der Waals surface area contributed by atoms with Crippen molar-refractivity contribution in [2.24, 2.45) is 0 Å².